The van der Waals surface area contributed by atoms with E-state index in [1.165, 1.54) is 11.1 Å². The van der Waals surface area contributed by atoms with Crippen LogP contribution >= 0.6 is 11.3 Å². The van der Waals surface area contributed by atoms with Gasteiger partial charge >= 0.3 is 0 Å². The third-order valence-corrected chi connectivity index (χ3v) is 8.33. The van der Waals surface area contributed by atoms with Gasteiger partial charge in [0.05, 0.1) is 5.92 Å². The third kappa shape index (κ3) is 5.37. The molecule has 1 aromatic heterocycles. The number of allylic oxidation sites excluding steroid dienone is 1. The number of carbonyl (C=O) groups is 2. The monoisotopic (exact) mass is 510 g/mol. The van der Waals surface area contributed by atoms with Crippen molar-refractivity contribution in [3.8, 4) is 0 Å². The van der Waals surface area contributed by atoms with Gasteiger partial charge in [-0.3, -0.25) is 14.6 Å². The Morgan fingerprint density at radius 3 is 2.24 bits per heavy atom. The van der Waals surface area contributed by atoms with Gasteiger partial charge in [-0.15, -0.1) is 0 Å². The van der Waals surface area contributed by atoms with Crippen LogP contribution in [0.2, 0.25) is 0 Å². The van der Waals surface area contributed by atoms with Crippen LogP contribution in [0.5, 0.6) is 0 Å². The zero-order chi connectivity index (χ0) is 26.0. The van der Waals surface area contributed by atoms with E-state index in [4.69, 9.17) is 4.99 Å². The first-order valence-electron chi connectivity index (χ1n) is 13.1. The summed E-state index contributed by atoms with van der Waals surface area (Å²) in [6, 6.07) is 22.9. The standard InChI is InChI=1S/C32H34N2O2S/c1-21-28(29(24-15-17-37-20-24)30-26(34-21)18-32(2,3)19-27(30)35)31(36)33-16-14-25(22-10-6-4-7-11-22)23-12-8-5-9-13-23/h4-13,15,17,20,25,29-30H,14,16,18-19H2,1-3H3,(H,33,36). The van der Waals surface area contributed by atoms with E-state index in [9.17, 15) is 9.59 Å². The number of thiophene rings is 1. The molecule has 0 spiro atoms. The normalized spacial score (nSPS) is 21.0. The molecule has 3 aromatic rings. The van der Waals surface area contributed by atoms with E-state index in [-0.39, 0.29) is 34.9 Å². The molecule has 1 saturated carbocycles. The van der Waals surface area contributed by atoms with Gasteiger partial charge in [0.25, 0.3) is 0 Å². The number of carbonyl (C=O) groups excluding carboxylic acids is 2. The highest BCUT2D eigenvalue weighted by molar-refractivity contribution is 7.08. The summed E-state index contributed by atoms with van der Waals surface area (Å²) in [6.07, 6.45) is 2.08. The van der Waals surface area contributed by atoms with Crippen LogP contribution in [-0.4, -0.2) is 23.9 Å². The molecule has 2 unspecified atom stereocenters. The van der Waals surface area contributed by atoms with Crippen LogP contribution in [0, 0.1) is 11.3 Å². The highest BCUT2D eigenvalue weighted by atomic mass is 32.1. The summed E-state index contributed by atoms with van der Waals surface area (Å²) >= 11 is 1.60. The topological polar surface area (TPSA) is 58.5 Å². The van der Waals surface area contributed by atoms with Gasteiger partial charge in [-0.05, 0) is 58.7 Å². The Hall–Kier alpha value is -3.31. The number of nitrogens with one attached hydrogen (secondary N) is 1. The van der Waals surface area contributed by atoms with Crippen LogP contribution < -0.4 is 5.32 Å². The van der Waals surface area contributed by atoms with Gasteiger partial charge in [0, 0.05) is 41.8 Å². The summed E-state index contributed by atoms with van der Waals surface area (Å²) in [5.74, 6) is -0.371. The number of hydrogen-bond acceptors (Lipinski definition) is 4. The number of amides is 1. The predicted octanol–water partition coefficient (Wildman–Crippen LogP) is 6.90. The maximum Gasteiger partial charge on any atom is 0.249 e. The zero-order valence-corrected chi connectivity index (χ0v) is 22.6. The molecule has 2 aliphatic rings. The van der Waals surface area contributed by atoms with E-state index in [1.54, 1.807) is 11.3 Å². The molecule has 5 heteroatoms. The Labute approximate surface area is 223 Å². The molecule has 190 valence electrons. The van der Waals surface area contributed by atoms with Gasteiger partial charge in [-0.25, -0.2) is 0 Å². The number of fused-ring (bicyclic) bond motifs is 1. The van der Waals surface area contributed by atoms with Crippen LogP contribution in [-0.2, 0) is 9.59 Å². The number of ketones is 1. The van der Waals surface area contributed by atoms with Crippen LogP contribution in [0.4, 0.5) is 0 Å². The van der Waals surface area contributed by atoms with Crippen LogP contribution in [0.1, 0.15) is 68.6 Å². The second-order valence-electron chi connectivity index (χ2n) is 11.0. The Kier molecular flexibility index (Phi) is 7.25. The van der Waals surface area contributed by atoms with Gasteiger partial charge in [0.2, 0.25) is 5.91 Å². The minimum atomic E-state index is -0.353. The lowest BCUT2D eigenvalue weighted by atomic mass is 9.63. The molecule has 2 heterocycles. The summed E-state index contributed by atoms with van der Waals surface area (Å²) in [6.45, 7) is 6.70. The summed E-state index contributed by atoms with van der Waals surface area (Å²) in [5, 5.41) is 7.29. The van der Waals surface area contributed by atoms with E-state index in [0.29, 0.717) is 18.5 Å². The number of hydrogen-bond donors (Lipinski definition) is 1. The second-order valence-corrected chi connectivity index (χ2v) is 11.8. The fourth-order valence-corrected chi connectivity index (χ4v) is 6.72. The van der Waals surface area contributed by atoms with Crippen molar-refractivity contribution in [3.63, 3.8) is 0 Å². The largest absolute Gasteiger partial charge is 0.352 e. The van der Waals surface area contributed by atoms with Crippen LogP contribution in [0.25, 0.3) is 0 Å². The summed E-state index contributed by atoms with van der Waals surface area (Å²) in [4.78, 5) is 32.0. The summed E-state index contributed by atoms with van der Waals surface area (Å²) < 4.78 is 0. The van der Waals surface area contributed by atoms with Gasteiger partial charge in [0.1, 0.15) is 5.78 Å². The number of rotatable bonds is 7. The summed E-state index contributed by atoms with van der Waals surface area (Å²) in [5.41, 5.74) is 5.69. The van der Waals surface area contributed by atoms with Crippen LogP contribution in [0.15, 0.2) is 93.8 Å². The molecule has 0 saturated heterocycles. The van der Waals surface area contributed by atoms with E-state index in [0.717, 1.165) is 29.8 Å². The predicted molar refractivity (Wildman–Crippen MR) is 151 cm³/mol. The van der Waals surface area contributed by atoms with Crippen molar-refractivity contribution >= 4 is 28.7 Å². The summed E-state index contributed by atoms with van der Waals surface area (Å²) in [7, 11) is 0. The molecular weight excluding hydrogens is 476 g/mol. The average Bonchev–Trinajstić information content (AvgIpc) is 3.41. The molecule has 1 N–H and O–H groups in total. The van der Waals surface area contributed by atoms with Crippen molar-refractivity contribution in [2.24, 2.45) is 16.3 Å². The van der Waals surface area contributed by atoms with Crippen molar-refractivity contribution in [1.82, 2.24) is 5.32 Å². The molecule has 2 atom stereocenters. The van der Waals surface area contributed by atoms with Gasteiger partial charge in [-0.1, -0.05) is 74.5 Å². The van der Waals surface area contributed by atoms with Crippen molar-refractivity contribution in [2.45, 2.75) is 51.9 Å². The molecule has 1 fully saturated rings. The lowest BCUT2D eigenvalue weighted by Gasteiger charge is -2.41. The molecule has 5 rings (SSSR count). The van der Waals surface area contributed by atoms with E-state index >= 15 is 0 Å². The lowest BCUT2D eigenvalue weighted by Crippen LogP contribution is -2.45. The molecule has 4 nitrogen and oxygen atoms in total. The van der Waals surface area contributed by atoms with E-state index in [2.05, 4.69) is 73.1 Å². The SMILES string of the molecule is CC1=C(C(=O)NCCC(c2ccccc2)c2ccccc2)C(c2ccsc2)C2C(=O)CC(C)(C)CC2=N1. The Morgan fingerprint density at radius 2 is 1.65 bits per heavy atom. The first kappa shape index (κ1) is 25.3. The highest BCUT2D eigenvalue weighted by Crippen LogP contribution is 2.47. The van der Waals surface area contributed by atoms with E-state index < -0.39 is 0 Å². The maximum atomic E-state index is 13.7. The smallest absolute Gasteiger partial charge is 0.249 e. The van der Waals surface area contributed by atoms with Gasteiger partial charge in [0.15, 0.2) is 0 Å². The van der Waals surface area contributed by atoms with Crippen LogP contribution in [0.3, 0.4) is 0 Å². The minimum absolute atomic E-state index is 0.102. The molecule has 1 amide bonds. The Bertz CT molecular complexity index is 1280. The van der Waals surface area contributed by atoms with Gasteiger partial charge < -0.3 is 5.32 Å². The number of aliphatic imine (C=N–C) groups is 1. The molecule has 2 aromatic carbocycles. The average molecular weight is 511 g/mol. The number of nitrogens with zero attached hydrogens (tertiary/aromatic N) is 1. The first-order chi connectivity index (χ1) is 17.8. The maximum absolute atomic E-state index is 13.7. The fraction of sp³-hybridized carbons (Fsp3) is 0.344. The lowest BCUT2D eigenvalue weighted by molar-refractivity contribution is -0.124. The zero-order valence-electron chi connectivity index (χ0n) is 21.7. The Morgan fingerprint density at radius 1 is 1.00 bits per heavy atom. The fourth-order valence-electron chi connectivity index (χ4n) is 6.02. The molecule has 0 radical (unpaired) electrons. The third-order valence-electron chi connectivity index (χ3n) is 7.63. The molecule has 1 aliphatic carbocycles. The second kappa shape index (κ2) is 10.6. The molecule has 37 heavy (non-hydrogen) atoms. The minimum Gasteiger partial charge on any atom is -0.352 e. The van der Waals surface area contributed by atoms with E-state index in [1.807, 2.05) is 30.5 Å². The van der Waals surface area contributed by atoms with Crippen molar-refractivity contribution in [2.75, 3.05) is 6.54 Å². The van der Waals surface area contributed by atoms with Crippen molar-refractivity contribution in [1.29, 1.82) is 0 Å². The van der Waals surface area contributed by atoms with Gasteiger partial charge in [-0.2, -0.15) is 11.3 Å². The number of Topliss-reactive ketones (excluding diaryl/α,β-unsaturated/α-hetero) is 1. The highest BCUT2D eigenvalue weighted by Gasteiger charge is 2.47. The van der Waals surface area contributed by atoms with Crippen molar-refractivity contribution in [3.05, 3.63) is 105 Å². The quantitative estimate of drug-likeness (QED) is 0.376. The molecule has 0 bridgehead atoms. The van der Waals surface area contributed by atoms with Crippen molar-refractivity contribution < 1.29 is 9.59 Å². The molecule has 1 aliphatic heterocycles. The molecular formula is C32H34N2O2S. The first-order valence-corrected chi connectivity index (χ1v) is 14.0. The Balaban J connectivity index is 1.40. The number of benzene rings is 2.